The van der Waals surface area contributed by atoms with Crippen molar-refractivity contribution in [2.45, 2.75) is 25.7 Å². The monoisotopic (exact) mass is 515 g/mol. The summed E-state index contributed by atoms with van der Waals surface area (Å²) in [6.07, 6.45) is 3.41. The number of anilines is 1. The van der Waals surface area contributed by atoms with Gasteiger partial charge in [-0.2, -0.15) is 9.78 Å². The van der Waals surface area contributed by atoms with E-state index in [0.717, 1.165) is 35.4 Å². The topological polar surface area (TPSA) is 102 Å². The molecule has 34 heavy (non-hydrogen) atoms. The van der Waals surface area contributed by atoms with Crippen LogP contribution in [-0.4, -0.2) is 32.3 Å². The van der Waals surface area contributed by atoms with Gasteiger partial charge < -0.3 is 10.1 Å². The molecule has 0 radical (unpaired) electrons. The number of halogens is 2. The van der Waals surface area contributed by atoms with Crippen molar-refractivity contribution in [2.24, 2.45) is 0 Å². The van der Waals surface area contributed by atoms with Gasteiger partial charge in [0, 0.05) is 16.7 Å². The summed E-state index contributed by atoms with van der Waals surface area (Å²) in [5, 5.41) is 10.1. The highest BCUT2D eigenvalue weighted by molar-refractivity contribution is 7.13. The number of carbonyl (C=O) groups excluding carboxylic acids is 1. The van der Waals surface area contributed by atoms with Crippen LogP contribution in [-0.2, 0) is 17.6 Å². The van der Waals surface area contributed by atoms with Gasteiger partial charge in [-0.05, 0) is 55.3 Å². The molecule has 0 spiro atoms. The Morgan fingerprint density at radius 1 is 1.21 bits per heavy atom. The van der Waals surface area contributed by atoms with Crippen molar-refractivity contribution in [3.05, 3.63) is 73.4 Å². The fraction of sp³-hybridized carbons (Fsp3) is 0.217. The Morgan fingerprint density at radius 3 is 2.85 bits per heavy atom. The number of hydrogen-bond acceptors (Lipinski definition) is 6. The third kappa shape index (κ3) is 4.72. The SMILES string of the molecule is O=C(COc1ccc(Cl)cc1Cl)Nc1cc(-c2cccs2)nn1-c1nc2c(c(=O)[nH]1)CCCC2. The van der Waals surface area contributed by atoms with Gasteiger partial charge in [-0.25, -0.2) is 4.98 Å². The van der Waals surface area contributed by atoms with Crippen molar-refractivity contribution in [2.75, 3.05) is 11.9 Å². The van der Waals surface area contributed by atoms with Crippen LogP contribution in [0.1, 0.15) is 24.1 Å². The maximum atomic E-state index is 12.7. The Hall–Kier alpha value is -3.14. The highest BCUT2D eigenvalue weighted by Crippen LogP contribution is 2.29. The fourth-order valence-electron chi connectivity index (χ4n) is 3.78. The summed E-state index contributed by atoms with van der Waals surface area (Å²) in [4.78, 5) is 33.8. The molecular formula is C23H19Cl2N5O3S. The van der Waals surface area contributed by atoms with E-state index < -0.39 is 5.91 Å². The number of ether oxygens (including phenoxy) is 1. The predicted molar refractivity (Wildman–Crippen MR) is 133 cm³/mol. The number of rotatable bonds is 6. The molecule has 0 unspecified atom stereocenters. The number of nitrogens with one attached hydrogen (secondary N) is 2. The Balaban J connectivity index is 1.44. The van der Waals surface area contributed by atoms with E-state index in [1.54, 1.807) is 18.2 Å². The molecule has 2 N–H and O–H groups in total. The van der Waals surface area contributed by atoms with E-state index >= 15 is 0 Å². The van der Waals surface area contributed by atoms with Crippen LogP contribution in [0, 0.1) is 0 Å². The van der Waals surface area contributed by atoms with Crippen molar-refractivity contribution in [3.8, 4) is 22.3 Å². The van der Waals surface area contributed by atoms with E-state index in [1.165, 1.54) is 22.1 Å². The molecule has 8 nitrogen and oxygen atoms in total. The molecule has 5 rings (SSSR count). The van der Waals surface area contributed by atoms with Crippen molar-refractivity contribution in [3.63, 3.8) is 0 Å². The van der Waals surface area contributed by atoms with E-state index in [1.807, 2.05) is 17.5 Å². The molecule has 4 aromatic rings. The normalized spacial score (nSPS) is 12.9. The average Bonchev–Trinajstić information content (AvgIpc) is 3.49. The molecule has 1 amide bonds. The Labute approximate surface area is 208 Å². The van der Waals surface area contributed by atoms with E-state index in [4.69, 9.17) is 27.9 Å². The van der Waals surface area contributed by atoms with Crippen molar-refractivity contribution in [1.82, 2.24) is 19.7 Å². The van der Waals surface area contributed by atoms with Gasteiger partial charge in [-0.1, -0.05) is 29.3 Å². The summed E-state index contributed by atoms with van der Waals surface area (Å²) < 4.78 is 6.98. The third-order valence-corrected chi connectivity index (χ3v) is 6.81. The van der Waals surface area contributed by atoms with Gasteiger partial charge in [-0.3, -0.25) is 14.6 Å². The Bertz CT molecular complexity index is 1410. The van der Waals surface area contributed by atoms with Crippen LogP contribution < -0.4 is 15.6 Å². The number of hydrogen-bond donors (Lipinski definition) is 2. The molecule has 1 aliphatic carbocycles. The largest absolute Gasteiger partial charge is 0.482 e. The number of aryl methyl sites for hydroxylation is 1. The minimum absolute atomic E-state index is 0.175. The number of benzene rings is 1. The van der Waals surface area contributed by atoms with Gasteiger partial charge in [0.2, 0.25) is 5.95 Å². The number of fused-ring (bicyclic) bond motifs is 1. The summed E-state index contributed by atoms with van der Waals surface area (Å²) in [5.74, 6) is 0.531. The van der Waals surface area contributed by atoms with Gasteiger partial charge >= 0.3 is 0 Å². The first-order valence-electron chi connectivity index (χ1n) is 10.6. The Kier molecular flexibility index (Phi) is 6.40. The van der Waals surface area contributed by atoms with Gasteiger partial charge in [0.25, 0.3) is 11.5 Å². The van der Waals surface area contributed by atoms with E-state index in [9.17, 15) is 9.59 Å². The standard InChI is InChI=1S/C23H19Cl2N5O3S/c24-13-7-8-18(15(25)10-13)33-12-21(31)27-20-11-17(19-6-3-9-34-19)29-30(20)23-26-16-5-2-1-4-14(16)22(32)28-23/h3,6-11H,1-2,4-5,12H2,(H,27,31)(H,26,28,32). The van der Waals surface area contributed by atoms with Gasteiger partial charge in [-0.15, -0.1) is 11.3 Å². The molecule has 3 heterocycles. The number of amides is 1. The zero-order valence-electron chi connectivity index (χ0n) is 17.8. The molecule has 0 saturated heterocycles. The smallest absolute Gasteiger partial charge is 0.263 e. The second-order valence-electron chi connectivity index (χ2n) is 7.74. The van der Waals surface area contributed by atoms with E-state index in [-0.39, 0.29) is 18.1 Å². The van der Waals surface area contributed by atoms with Crippen molar-refractivity contribution in [1.29, 1.82) is 0 Å². The first-order valence-corrected chi connectivity index (χ1v) is 12.3. The summed E-state index contributed by atoms with van der Waals surface area (Å²) in [6, 6.07) is 10.3. The van der Waals surface area contributed by atoms with Crippen LogP contribution >= 0.6 is 34.5 Å². The highest BCUT2D eigenvalue weighted by Gasteiger charge is 2.20. The number of aromatic amines is 1. The van der Waals surface area contributed by atoms with Crippen LogP contribution in [0.5, 0.6) is 5.75 Å². The molecule has 0 fully saturated rings. The highest BCUT2D eigenvalue weighted by atomic mass is 35.5. The second kappa shape index (κ2) is 9.61. The van der Waals surface area contributed by atoms with Crippen LogP contribution in [0.2, 0.25) is 10.0 Å². The van der Waals surface area contributed by atoms with E-state index in [2.05, 4.69) is 20.4 Å². The Morgan fingerprint density at radius 2 is 2.06 bits per heavy atom. The molecule has 0 aliphatic heterocycles. The predicted octanol–water partition coefficient (Wildman–Crippen LogP) is 4.89. The van der Waals surface area contributed by atoms with Gasteiger partial charge in [0.15, 0.2) is 6.61 Å². The number of carbonyl (C=O) groups is 1. The van der Waals surface area contributed by atoms with Crippen LogP contribution in [0.25, 0.3) is 16.5 Å². The summed E-state index contributed by atoms with van der Waals surface area (Å²) in [7, 11) is 0. The van der Waals surface area contributed by atoms with Crippen LogP contribution in [0.15, 0.2) is 46.6 Å². The lowest BCUT2D eigenvalue weighted by molar-refractivity contribution is -0.118. The molecule has 0 bridgehead atoms. The number of aromatic nitrogens is 4. The lowest BCUT2D eigenvalue weighted by Gasteiger charge is -2.15. The quantitative estimate of drug-likeness (QED) is 0.380. The van der Waals surface area contributed by atoms with Crippen LogP contribution in [0.3, 0.4) is 0 Å². The first-order chi connectivity index (χ1) is 16.5. The van der Waals surface area contributed by atoms with Crippen molar-refractivity contribution < 1.29 is 9.53 Å². The van der Waals surface area contributed by atoms with Crippen LogP contribution in [0.4, 0.5) is 5.82 Å². The molecule has 0 saturated carbocycles. The molecule has 0 atom stereocenters. The second-order valence-corrected chi connectivity index (χ2v) is 9.53. The summed E-state index contributed by atoms with van der Waals surface area (Å²) >= 11 is 13.5. The van der Waals surface area contributed by atoms with Gasteiger partial charge in [0.1, 0.15) is 17.3 Å². The van der Waals surface area contributed by atoms with Gasteiger partial charge in [0.05, 0.1) is 15.6 Å². The lowest BCUT2D eigenvalue weighted by Crippen LogP contribution is -2.26. The number of nitrogens with zero attached hydrogens (tertiary/aromatic N) is 3. The number of thiophene rings is 1. The molecule has 11 heteroatoms. The van der Waals surface area contributed by atoms with E-state index in [0.29, 0.717) is 33.7 Å². The zero-order chi connectivity index (χ0) is 23.7. The maximum absolute atomic E-state index is 12.7. The molecular weight excluding hydrogens is 497 g/mol. The van der Waals surface area contributed by atoms with Crippen molar-refractivity contribution >= 4 is 46.3 Å². The summed E-state index contributed by atoms with van der Waals surface area (Å²) in [5.41, 5.74) is 1.97. The molecule has 1 aromatic carbocycles. The molecule has 1 aliphatic rings. The fourth-order valence-corrected chi connectivity index (χ4v) is 4.93. The maximum Gasteiger partial charge on any atom is 0.263 e. The zero-order valence-corrected chi connectivity index (χ0v) is 20.1. The minimum Gasteiger partial charge on any atom is -0.482 e. The number of H-pyrrole nitrogens is 1. The third-order valence-electron chi connectivity index (χ3n) is 5.38. The molecule has 3 aromatic heterocycles. The lowest BCUT2D eigenvalue weighted by atomic mass is 9.97. The molecule has 174 valence electrons. The summed E-state index contributed by atoms with van der Waals surface area (Å²) in [6.45, 7) is -0.283. The first kappa shape index (κ1) is 22.6. The minimum atomic E-state index is -0.426. The average molecular weight is 516 g/mol.